The maximum Gasteiger partial charge on any atom is 0.113 e. The minimum absolute atomic E-state index is 0.525. The lowest BCUT2D eigenvalue weighted by Crippen LogP contribution is -2.19. The third kappa shape index (κ3) is 1.63. The number of aryl methyl sites for hydroxylation is 1. The number of hydrogen-bond donors (Lipinski definition) is 1. The number of pyridine rings is 1. The van der Waals surface area contributed by atoms with Crippen LogP contribution in [0.4, 0.5) is 0 Å². The summed E-state index contributed by atoms with van der Waals surface area (Å²) in [6.07, 6.45) is 7.41. The fourth-order valence-electron chi connectivity index (χ4n) is 3.04. The van der Waals surface area contributed by atoms with E-state index in [1.54, 1.807) is 6.20 Å². The third-order valence-electron chi connectivity index (χ3n) is 4.01. The van der Waals surface area contributed by atoms with Gasteiger partial charge in [-0.2, -0.15) is 0 Å². The molecule has 2 atom stereocenters. The monoisotopic (exact) mass is 230 g/mol. The lowest BCUT2D eigenvalue weighted by Gasteiger charge is -2.17. The highest BCUT2D eigenvalue weighted by atomic mass is 15.1. The Morgan fingerprint density at radius 1 is 1.47 bits per heavy atom. The number of hydrogen-bond acceptors (Lipinski definition) is 3. The molecule has 2 unspecified atom stereocenters. The number of fused-ring (bicyclic) bond motifs is 1. The quantitative estimate of drug-likeness (QED) is 0.856. The average molecular weight is 230 g/mol. The summed E-state index contributed by atoms with van der Waals surface area (Å²) in [5, 5.41) is 0. The summed E-state index contributed by atoms with van der Waals surface area (Å²) in [7, 11) is 2.08. The SMILES string of the molecule is Cn1c(C2CCCC2CN)nc2ccncc21. The molecular weight excluding hydrogens is 212 g/mol. The van der Waals surface area contributed by atoms with Crippen LogP contribution in [0.25, 0.3) is 11.0 Å². The summed E-state index contributed by atoms with van der Waals surface area (Å²) in [5.74, 6) is 2.30. The summed E-state index contributed by atoms with van der Waals surface area (Å²) in [5.41, 5.74) is 8.01. The largest absolute Gasteiger partial charge is 0.330 e. The van der Waals surface area contributed by atoms with Crippen LogP contribution in [0, 0.1) is 5.92 Å². The van der Waals surface area contributed by atoms with E-state index >= 15 is 0 Å². The van der Waals surface area contributed by atoms with Crippen molar-refractivity contribution >= 4 is 11.0 Å². The van der Waals surface area contributed by atoms with Crippen LogP contribution < -0.4 is 5.73 Å². The van der Waals surface area contributed by atoms with Crippen LogP contribution in [0.5, 0.6) is 0 Å². The topological polar surface area (TPSA) is 56.7 Å². The highest BCUT2D eigenvalue weighted by Crippen LogP contribution is 2.39. The molecule has 0 amide bonds. The van der Waals surface area contributed by atoms with E-state index in [1.165, 1.54) is 25.1 Å². The molecule has 1 aliphatic rings. The van der Waals surface area contributed by atoms with E-state index in [-0.39, 0.29) is 0 Å². The Bertz CT molecular complexity index is 531. The number of rotatable bonds is 2. The first kappa shape index (κ1) is 10.7. The third-order valence-corrected chi connectivity index (χ3v) is 4.01. The molecule has 1 saturated carbocycles. The van der Waals surface area contributed by atoms with Gasteiger partial charge in [-0.15, -0.1) is 0 Å². The van der Waals surface area contributed by atoms with Gasteiger partial charge in [0, 0.05) is 19.2 Å². The summed E-state index contributed by atoms with van der Waals surface area (Å²) >= 11 is 0. The second-order valence-electron chi connectivity index (χ2n) is 4.93. The molecule has 0 aliphatic heterocycles. The molecule has 0 saturated heterocycles. The van der Waals surface area contributed by atoms with E-state index in [2.05, 4.69) is 16.6 Å². The van der Waals surface area contributed by atoms with E-state index in [1.807, 2.05) is 12.3 Å². The van der Waals surface area contributed by atoms with E-state index in [0.717, 1.165) is 17.6 Å². The number of nitrogens with two attached hydrogens (primary N) is 1. The molecule has 2 aromatic rings. The molecule has 0 bridgehead atoms. The summed E-state index contributed by atoms with van der Waals surface area (Å²) in [6, 6.07) is 1.98. The van der Waals surface area contributed by atoms with E-state index in [4.69, 9.17) is 10.7 Å². The van der Waals surface area contributed by atoms with Gasteiger partial charge in [0.1, 0.15) is 5.82 Å². The van der Waals surface area contributed by atoms with Crippen molar-refractivity contribution in [3.05, 3.63) is 24.3 Å². The van der Waals surface area contributed by atoms with Crippen LogP contribution >= 0.6 is 0 Å². The van der Waals surface area contributed by atoms with Gasteiger partial charge >= 0.3 is 0 Å². The smallest absolute Gasteiger partial charge is 0.113 e. The molecule has 2 heterocycles. The Hall–Kier alpha value is -1.42. The Kier molecular flexibility index (Phi) is 2.59. The zero-order valence-electron chi connectivity index (χ0n) is 10.1. The molecule has 0 aromatic carbocycles. The first-order valence-electron chi connectivity index (χ1n) is 6.27. The van der Waals surface area contributed by atoms with Crippen molar-refractivity contribution in [1.82, 2.24) is 14.5 Å². The van der Waals surface area contributed by atoms with Gasteiger partial charge < -0.3 is 10.3 Å². The Morgan fingerprint density at radius 3 is 3.12 bits per heavy atom. The van der Waals surface area contributed by atoms with Crippen molar-refractivity contribution in [3.63, 3.8) is 0 Å². The molecule has 2 N–H and O–H groups in total. The number of nitrogens with zero attached hydrogens (tertiary/aromatic N) is 3. The average Bonchev–Trinajstić information content (AvgIpc) is 2.94. The highest BCUT2D eigenvalue weighted by Gasteiger charge is 2.30. The van der Waals surface area contributed by atoms with Crippen LogP contribution in [-0.4, -0.2) is 21.1 Å². The molecule has 17 heavy (non-hydrogen) atoms. The normalized spacial score (nSPS) is 24.6. The van der Waals surface area contributed by atoms with Gasteiger partial charge in [-0.05, 0) is 31.4 Å². The maximum absolute atomic E-state index is 5.86. The lowest BCUT2D eigenvalue weighted by molar-refractivity contribution is 0.469. The fourth-order valence-corrected chi connectivity index (χ4v) is 3.04. The van der Waals surface area contributed by atoms with Crippen LogP contribution in [0.3, 0.4) is 0 Å². The second-order valence-corrected chi connectivity index (χ2v) is 4.93. The maximum atomic E-state index is 5.86. The standard InChI is InChI=1S/C13H18N4/c1-17-12-8-15-6-5-11(12)16-13(17)10-4-2-3-9(10)7-14/h5-6,8-10H,2-4,7,14H2,1H3. The van der Waals surface area contributed by atoms with Gasteiger partial charge in [-0.3, -0.25) is 4.98 Å². The van der Waals surface area contributed by atoms with Gasteiger partial charge in [0.25, 0.3) is 0 Å². The summed E-state index contributed by atoms with van der Waals surface area (Å²) in [6.45, 7) is 0.770. The molecule has 0 radical (unpaired) electrons. The van der Waals surface area contributed by atoms with Gasteiger partial charge in [-0.1, -0.05) is 6.42 Å². The van der Waals surface area contributed by atoms with E-state index in [9.17, 15) is 0 Å². The number of imidazole rings is 1. The van der Waals surface area contributed by atoms with E-state index < -0.39 is 0 Å². The van der Waals surface area contributed by atoms with Crippen molar-refractivity contribution in [2.45, 2.75) is 25.2 Å². The minimum atomic E-state index is 0.525. The van der Waals surface area contributed by atoms with Crippen LogP contribution in [0.15, 0.2) is 18.5 Å². The van der Waals surface area contributed by atoms with Gasteiger partial charge in [0.2, 0.25) is 0 Å². The highest BCUT2D eigenvalue weighted by molar-refractivity contribution is 5.74. The zero-order valence-corrected chi connectivity index (χ0v) is 10.1. The van der Waals surface area contributed by atoms with Crippen LogP contribution in [-0.2, 0) is 7.05 Å². The minimum Gasteiger partial charge on any atom is -0.330 e. The Balaban J connectivity index is 2.08. The molecule has 90 valence electrons. The fraction of sp³-hybridized carbons (Fsp3) is 0.538. The summed E-state index contributed by atoms with van der Waals surface area (Å²) in [4.78, 5) is 8.93. The molecule has 2 aromatic heterocycles. The van der Waals surface area contributed by atoms with Crippen molar-refractivity contribution in [3.8, 4) is 0 Å². The van der Waals surface area contributed by atoms with Gasteiger partial charge in [0.05, 0.1) is 17.2 Å². The van der Waals surface area contributed by atoms with Crippen molar-refractivity contribution in [2.24, 2.45) is 18.7 Å². The van der Waals surface area contributed by atoms with Crippen molar-refractivity contribution in [1.29, 1.82) is 0 Å². The predicted molar refractivity (Wildman–Crippen MR) is 67.6 cm³/mol. The first-order chi connectivity index (χ1) is 8.31. The van der Waals surface area contributed by atoms with Gasteiger partial charge in [-0.25, -0.2) is 4.98 Å². The lowest BCUT2D eigenvalue weighted by atomic mass is 9.95. The molecular formula is C13H18N4. The number of aromatic nitrogens is 3. The molecule has 1 aliphatic carbocycles. The van der Waals surface area contributed by atoms with Gasteiger partial charge in [0.15, 0.2) is 0 Å². The Morgan fingerprint density at radius 2 is 2.35 bits per heavy atom. The Labute approximate surface area is 101 Å². The molecule has 3 rings (SSSR count). The molecule has 4 nitrogen and oxygen atoms in total. The van der Waals surface area contributed by atoms with Crippen molar-refractivity contribution in [2.75, 3.05) is 6.54 Å². The zero-order chi connectivity index (χ0) is 11.8. The first-order valence-corrected chi connectivity index (χ1v) is 6.27. The molecule has 0 spiro atoms. The van der Waals surface area contributed by atoms with Crippen LogP contribution in [0.2, 0.25) is 0 Å². The predicted octanol–water partition coefficient (Wildman–Crippen LogP) is 1.81. The van der Waals surface area contributed by atoms with E-state index in [0.29, 0.717) is 11.8 Å². The summed E-state index contributed by atoms with van der Waals surface area (Å²) < 4.78 is 2.18. The molecule has 1 fully saturated rings. The molecule has 4 heteroatoms. The van der Waals surface area contributed by atoms with Crippen molar-refractivity contribution < 1.29 is 0 Å². The second kappa shape index (κ2) is 4.11. The van der Waals surface area contributed by atoms with Crippen LogP contribution in [0.1, 0.15) is 31.0 Å².